The second-order valence-corrected chi connectivity index (χ2v) is 5.66. The summed E-state index contributed by atoms with van der Waals surface area (Å²) in [6.07, 6.45) is 16.9. The van der Waals surface area contributed by atoms with Gasteiger partial charge in [0.1, 0.15) is 0 Å². The highest BCUT2D eigenvalue weighted by molar-refractivity contribution is 5.81. The second kappa shape index (κ2) is 13.0. The number of pyridine rings is 1. The van der Waals surface area contributed by atoms with Crippen molar-refractivity contribution in [2.45, 2.75) is 71.1 Å². The lowest BCUT2D eigenvalue weighted by molar-refractivity contribution is -0.121. The molecule has 1 aromatic heterocycles. The summed E-state index contributed by atoms with van der Waals surface area (Å²) in [7, 11) is 0. The third-order valence-electron chi connectivity index (χ3n) is 3.59. The number of nitrogens with zero attached hydrogens (tertiary/aromatic N) is 2. The highest BCUT2D eigenvalue weighted by atomic mass is 16.2. The number of hydrazone groups is 1. The van der Waals surface area contributed by atoms with Gasteiger partial charge in [0.05, 0.1) is 6.21 Å². The van der Waals surface area contributed by atoms with E-state index in [4.69, 9.17) is 0 Å². The lowest BCUT2D eigenvalue weighted by Gasteiger charge is -2.02. The maximum atomic E-state index is 11.6. The van der Waals surface area contributed by atoms with Crippen molar-refractivity contribution in [2.75, 3.05) is 0 Å². The third kappa shape index (κ3) is 10.1. The molecule has 1 aromatic rings. The van der Waals surface area contributed by atoms with Crippen LogP contribution in [-0.4, -0.2) is 17.1 Å². The number of rotatable bonds is 12. The molecule has 0 aliphatic carbocycles. The van der Waals surface area contributed by atoms with E-state index < -0.39 is 0 Å². The summed E-state index contributed by atoms with van der Waals surface area (Å²) in [6.45, 7) is 2.24. The van der Waals surface area contributed by atoms with Crippen LogP contribution in [0.5, 0.6) is 0 Å². The Morgan fingerprint density at radius 1 is 1.14 bits per heavy atom. The second-order valence-electron chi connectivity index (χ2n) is 5.66. The standard InChI is InChI=1S/C18H29N3O/c1-2-3-4-5-6-7-8-9-10-13-18(22)21-20-16-17-12-11-14-19-15-17/h11-12,14-16H,2-10,13H2,1H3,(H,21,22). The van der Waals surface area contributed by atoms with Gasteiger partial charge in [-0.15, -0.1) is 0 Å². The summed E-state index contributed by atoms with van der Waals surface area (Å²) in [6, 6.07) is 3.73. The molecule has 0 radical (unpaired) electrons. The minimum atomic E-state index is -0.0110. The number of carbonyl (C=O) groups excluding carboxylic acids is 1. The van der Waals surface area contributed by atoms with Crippen LogP contribution < -0.4 is 5.43 Å². The summed E-state index contributed by atoms with van der Waals surface area (Å²) in [5.41, 5.74) is 3.44. The fraction of sp³-hybridized carbons (Fsp3) is 0.611. The molecule has 0 saturated heterocycles. The quantitative estimate of drug-likeness (QED) is 0.352. The molecule has 122 valence electrons. The van der Waals surface area contributed by atoms with Gasteiger partial charge in [-0.05, 0) is 12.5 Å². The molecular formula is C18H29N3O. The average molecular weight is 303 g/mol. The van der Waals surface area contributed by atoms with Crippen LogP contribution in [0.2, 0.25) is 0 Å². The van der Waals surface area contributed by atoms with Crippen molar-refractivity contribution in [1.82, 2.24) is 10.4 Å². The van der Waals surface area contributed by atoms with Gasteiger partial charge in [0, 0.05) is 24.4 Å². The van der Waals surface area contributed by atoms with Gasteiger partial charge in [0.15, 0.2) is 0 Å². The largest absolute Gasteiger partial charge is 0.273 e. The molecule has 0 aliphatic heterocycles. The Bertz CT molecular complexity index is 418. The van der Waals surface area contributed by atoms with E-state index in [1.54, 1.807) is 18.6 Å². The summed E-state index contributed by atoms with van der Waals surface area (Å²) >= 11 is 0. The van der Waals surface area contributed by atoms with E-state index in [0.717, 1.165) is 18.4 Å². The molecule has 0 aliphatic rings. The predicted octanol–water partition coefficient (Wildman–Crippen LogP) is 4.45. The molecule has 4 heteroatoms. The van der Waals surface area contributed by atoms with E-state index in [0.29, 0.717) is 6.42 Å². The predicted molar refractivity (Wildman–Crippen MR) is 91.8 cm³/mol. The smallest absolute Gasteiger partial charge is 0.240 e. The van der Waals surface area contributed by atoms with Crippen LogP contribution in [-0.2, 0) is 4.79 Å². The zero-order valence-electron chi connectivity index (χ0n) is 13.8. The Kier molecular flexibility index (Phi) is 10.8. The lowest BCUT2D eigenvalue weighted by atomic mass is 10.1. The molecule has 0 unspecified atom stereocenters. The van der Waals surface area contributed by atoms with Gasteiger partial charge in [0.25, 0.3) is 0 Å². The lowest BCUT2D eigenvalue weighted by Crippen LogP contribution is -2.16. The SMILES string of the molecule is CCCCCCCCCCCC(=O)NN=Cc1cccnc1. The minimum Gasteiger partial charge on any atom is -0.273 e. The van der Waals surface area contributed by atoms with Crippen molar-refractivity contribution in [2.24, 2.45) is 5.10 Å². The monoisotopic (exact) mass is 303 g/mol. The van der Waals surface area contributed by atoms with E-state index in [1.807, 2.05) is 12.1 Å². The Hall–Kier alpha value is -1.71. The Labute approximate surface area is 134 Å². The Morgan fingerprint density at radius 3 is 2.45 bits per heavy atom. The van der Waals surface area contributed by atoms with E-state index in [9.17, 15) is 4.79 Å². The number of hydrogen-bond donors (Lipinski definition) is 1. The van der Waals surface area contributed by atoms with Crippen molar-refractivity contribution in [3.63, 3.8) is 0 Å². The topological polar surface area (TPSA) is 54.4 Å². The fourth-order valence-electron chi connectivity index (χ4n) is 2.28. The Balaban J connectivity index is 1.94. The van der Waals surface area contributed by atoms with Crippen LogP contribution in [0.25, 0.3) is 0 Å². The molecule has 0 atom stereocenters. The zero-order chi connectivity index (χ0) is 15.9. The number of carbonyl (C=O) groups is 1. The molecule has 0 aromatic carbocycles. The number of hydrogen-bond acceptors (Lipinski definition) is 3. The highest BCUT2D eigenvalue weighted by Crippen LogP contribution is 2.10. The molecule has 1 amide bonds. The van der Waals surface area contributed by atoms with Crippen LogP contribution in [0.3, 0.4) is 0 Å². The normalized spacial score (nSPS) is 11.0. The van der Waals surface area contributed by atoms with Crippen molar-refractivity contribution >= 4 is 12.1 Å². The first-order chi connectivity index (χ1) is 10.8. The van der Waals surface area contributed by atoms with E-state index in [1.165, 1.54) is 44.9 Å². The van der Waals surface area contributed by atoms with E-state index in [2.05, 4.69) is 22.4 Å². The number of nitrogens with one attached hydrogen (secondary N) is 1. The summed E-state index contributed by atoms with van der Waals surface area (Å²) in [5.74, 6) is -0.0110. The molecule has 4 nitrogen and oxygen atoms in total. The molecule has 0 bridgehead atoms. The van der Waals surface area contributed by atoms with Gasteiger partial charge in [-0.1, -0.05) is 64.4 Å². The van der Waals surface area contributed by atoms with Gasteiger partial charge >= 0.3 is 0 Å². The van der Waals surface area contributed by atoms with Crippen LogP contribution in [0.15, 0.2) is 29.6 Å². The van der Waals surface area contributed by atoms with Crippen molar-refractivity contribution < 1.29 is 4.79 Å². The number of unbranched alkanes of at least 4 members (excludes halogenated alkanes) is 8. The molecule has 22 heavy (non-hydrogen) atoms. The molecule has 1 heterocycles. The number of aromatic nitrogens is 1. The van der Waals surface area contributed by atoms with Gasteiger partial charge < -0.3 is 0 Å². The average Bonchev–Trinajstić information content (AvgIpc) is 2.54. The van der Waals surface area contributed by atoms with Crippen LogP contribution >= 0.6 is 0 Å². The van der Waals surface area contributed by atoms with Crippen molar-refractivity contribution in [1.29, 1.82) is 0 Å². The molecule has 0 fully saturated rings. The van der Waals surface area contributed by atoms with E-state index in [-0.39, 0.29) is 5.91 Å². The molecule has 1 N–H and O–H groups in total. The number of amides is 1. The zero-order valence-corrected chi connectivity index (χ0v) is 13.8. The van der Waals surface area contributed by atoms with Gasteiger partial charge in [-0.25, -0.2) is 5.43 Å². The highest BCUT2D eigenvalue weighted by Gasteiger charge is 1.99. The maximum Gasteiger partial charge on any atom is 0.240 e. The molecule has 0 spiro atoms. The summed E-state index contributed by atoms with van der Waals surface area (Å²) in [5, 5.41) is 3.93. The van der Waals surface area contributed by atoms with Gasteiger partial charge in [-0.2, -0.15) is 5.10 Å². The summed E-state index contributed by atoms with van der Waals surface area (Å²) < 4.78 is 0. The van der Waals surface area contributed by atoms with Crippen molar-refractivity contribution in [3.8, 4) is 0 Å². The molecule has 1 rings (SSSR count). The Morgan fingerprint density at radius 2 is 1.82 bits per heavy atom. The first kappa shape index (κ1) is 18.3. The van der Waals surface area contributed by atoms with Gasteiger partial charge in [-0.3, -0.25) is 9.78 Å². The minimum absolute atomic E-state index is 0.0110. The summed E-state index contributed by atoms with van der Waals surface area (Å²) in [4.78, 5) is 15.6. The maximum absolute atomic E-state index is 11.6. The molecular weight excluding hydrogens is 274 g/mol. The van der Waals surface area contributed by atoms with E-state index >= 15 is 0 Å². The molecule has 0 saturated carbocycles. The third-order valence-corrected chi connectivity index (χ3v) is 3.59. The van der Waals surface area contributed by atoms with Crippen molar-refractivity contribution in [3.05, 3.63) is 30.1 Å². The van der Waals surface area contributed by atoms with Crippen LogP contribution in [0, 0.1) is 0 Å². The van der Waals surface area contributed by atoms with Crippen LogP contribution in [0.4, 0.5) is 0 Å². The van der Waals surface area contributed by atoms with Crippen LogP contribution in [0.1, 0.15) is 76.7 Å². The first-order valence-corrected chi connectivity index (χ1v) is 8.55. The van der Waals surface area contributed by atoms with Gasteiger partial charge in [0.2, 0.25) is 5.91 Å². The fourth-order valence-corrected chi connectivity index (χ4v) is 2.28. The first-order valence-electron chi connectivity index (χ1n) is 8.55.